The molecule has 0 bridgehead atoms. The molecule has 1 N–H and O–H groups in total. The highest BCUT2D eigenvalue weighted by molar-refractivity contribution is 8.01. The average molecular weight is 626 g/mol. The van der Waals surface area contributed by atoms with Crippen LogP contribution in [0.5, 0.6) is 5.75 Å². The summed E-state index contributed by atoms with van der Waals surface area (Å²) in [7, 11) is 1.37. The molecule has 3 aromatic carbocycles. The molecule has 3 heterocycles. The second-order valence-corrected chi connectivity index (χ2v) is 13.4. The van der Waals surface area contributed by atoms with E-state index in [1.807, 2.05) is 54.6 Å². The summed E-state index contributed by atoms with van der Waals surface area (Å²) in [5.41, 5.74) is 5.35. The third kappa shape index (κ3) is 6.36. The maximum Gasteiger partial charge on any atom is 0.338 e. The molecule has 0 saturated heterocycles. The summed E-state index contributed by atoms with van der Waals surface area (Å²) in [5, 5.41) is 24.9. The minimum atomic E-state index is -0.599. The highest BCUT2D eigenvalue weighted by Gasteiger charge is 2.36. The Morgan fingerprint density at radius 3 is 2.43 bits per heavy atom. The fraction of sp³-hybridized carbons (Fsp3) is 0.250. The molecular formula is C32H31N7O3S2. The zero-order chi connectivity index (χ0) is 30.7. The van der Waals surface area contributed by atoms with Crippen molar-refractivity contribution in [3.8, 4) is 16.3 Å². The molecule has 224 valence electrons. The van der Waals surface area contributed by atoms with Gasteiger partial charge in [0.05, 0.1) is 12.7 Å². The molecule has 6 rings (SSSR count). The van der Waals surface area contributed by atoms with Crippen LogP contribution in [0, 0.1) is 0 Å². The quantitative estimate of drug-likeness (QED) is 0.148. The lowest BCUT2D eigenvalue weighted by molar-refractivity contribution is -0.136. The summed E-state index contributed by atoms with van der Waals surface area (Å²) in [6, 6.07) is 25.4. The number of nitrogens with zero attached hydrogens (tertiary/aromatic N) is 6. The number of thioether (sulfide) groups is 1. The fourth-order valence-electron chi connectivity index (χ4n) is 4.82. The number of tetrazole rings is 1. The molecule has 2 aromatic heterocycles. The molecule has 1 atom stereocenters. The number of anilines is 1. The SMILES string of the molecule is COC(=O)C1=C(CSc2nnc(-c3ccccc3)s2)Nc2nnnn2C1c1ccc(OCc2ccc(C(C)(C)C)cc2)cc1. The number of nitrogens with one attached hydrogen (secondary N) is 1. The van der Waals surface area contributed by atoms with Crippen molar-refractivity contribution < 1.29 is 14.3 Å². The maximum atomic E-state index is 13.2. The van der Waals surface area contributed by atoms with Crippen molar-refractivity contribution >= 4 is 35.0 Å². The summed E-state index contributed by atoms with van der Waals surface area (Å²) in [6.07, 6.45) is 0. The highest BCUT2D eigenvalue weighted by atomic mass is 32.2. The van der Waals surface area contributed by atoms with Gasteiger partial charge >= 0.3 is 5.97 Å². The number of ether oxygens (including phenoxy) is 2. The van der Waals surface area contributed by atoms with Crippen LogP contribution in [0.3, 0.4) is 0 Å². The van der Waals surface area contributed by atoms with Gasteiger partial charge in [0.25, 0.3) is 0 Å². The second-order valence-electron chi connectivity index (χ2n) is 11.2. The highest BCUT2D eigenvalue weighted by Crippen LogP contribution is 2.38. The Hall–Kier alpha value is -4.55. The summed E-state index contributed by atoms with van der Waals surface area (Å²) in [5.74, 6) is 1.08. The second kappa shape index (κ2) is 12.6. The molecule has 1 aliphatic rings. The molecular weight excluding hydrogens is 595 g/mol. The van der Waals surface area contributed by atoms with Gasteiger partial charge in [0, 0.05) is 17.0 Å². The number of fused-ring (bicyclic) bond motifs is 1. The van der Waals surface area contributed by atoms with Crippen LogP contribution in [0.4, 0.5) is 5.95 Å². The maximum absolute atomic E-state index is 13.2. The summed E-state index contributed by atoms with van der Waals surface area (Å²) < 4.78 is 13.7. The summed E-state index contributed by atoms with van der Waals surface area (Å²) in [6.45, 7) is 7.04. The molecule has 5 aromatic rings. The largest absolute Gasteiger partial charge is 0.489 e. The minimum Gasteiger partial charge on any atom is -0.489 e. The predicted molar refractivity (Wildman–Crippen MR) is 171 cm³/mol. The van der Waals surface area contributed by atoms with Gasteiger partial charge in [0.1, 0.15) is 23.4 Å². The third-order valence-corrected chi connectivity index (χ3v) is 9.32. The monoisotopic (exact) mass is 625 g/mol. The van der Waals surface area contributed by atoms with E-state index in [1.165, 1.54) is 35.8 Å². The van der Waals surface area contributed by atoms with E-state index in [1.54, 1.807) is 4.68 Å². The normalized spacial score (nSPS) is 14.6. The molecule has 1 aliphatic heterocycles. The summed E-state index contributed by atoms with van der Waals surface area (Å²) >= 11 is 2.97. The molecule has 12 heteroatoms. The lowest BCUT2D eigenvalue weighted by Gasteiger charge is -2.28. The molecule has 0 radical (unpaired) electrons. The number of methoxy groups -OCH3 is 1. The minimum absolute atomic E-state index is 0.101. The zero-order valence-corrected chi connectivity index (χ0v) is 26.4. The van der Waals surface area contributed by atoms with Gasteiger partial charge < -0.3 is 14.8 Å². The van der Waals surface area contributed by atoms with Crippen LogP contribution in [0.2, 0.25) is 0 Å². The molecule has 0 spiro atoms. The van der Waals surface area contributed by atoms with Crippen molar-refractivity contribution in [2.75, 3.05) is 18.2 Å². The van der Waals surface area contributed by atoms with E-state index in [0.29, 0.717) is 35.3 Å². The predicted octanol–water partition coefficient (Wildman–Crippen LogP) is 6.30. The van der Waals surface area contributed by atoms with E-state index in [4.69, 9.17) is 9.47 Å². The first-order valence-corrected chi connectivity index (χ1v) is 15.8. The van der Waals surface area contributed by atoms with Crippen molar-refractivity contribution in [3.63, 3.8) is 0 Å². The van der Waals surface area contributed by atoms with Crippen molar-refractivity contribution in [1.82, 2.24) is 30.4 Å². The van der Waals surface area contributed by atoms with Crippen LogP contribution in [0.15, 0.2) is 94.5 Å². The van der Waals surface area contributed by atoms with E-state index in [9.17, 15) is 4.79 Å². The standard InChI is InChI=1S/C32H31N7O3S2/c1-32(2,3)23-14-10-20(11-15-23)18-42-24-16-12-21(13-17-24)27-26(29(40)41-4)25(33-30-35-37-38-39(27)30)19-43-31-36-34-28(44-31)22-8-6-5-7-9-22/h5-17,27H,18-19H2,1-4H3,(H,33,35,38). The molecule has 0 saturated carbocycles. The number of aromatic nitrogens is 6. The van der Waals surface area contributed by atoms with Crippen LogP contribution in [0.25, 0.3) is 10.6 Å². The van der Waals surface area contributed by atoms with Gasteiger partial charge in [-0.15, -0.1) is 10.2 Å². The lowest BCUT2D eigenvalue weighted by atomic mass is 9.87. The van der Waals surface area contributed by atoms with E-state index >= 15 is 0 Å². The number of esters is 1. The average Bonchev–Trinajstić information content (AvgIpc) is 3.72. The van der Waals surface area contributed by atoms with Gasteiger partial charge in [-0.2, -0.15) is 4.68 Å². The Kier molecular flexibility index (Phi) is 8.45. The molecule has 1 unspecified atom stereocenters. The van der Waals surface area contributed by atoms with Gasteiger partial charge in [-0.3, -0.25) is 0 Å². The zero-order valence-electron chi connectivity index (χ0n) is 24.7. The first-order valence-electron chi connectivity index (χ1n) is 14.0. The molecule has 0 amide bonds. The van der Waals surface area contributed by atoms with Gasteiger partial charge in [-0.25, -0.2) is 4.79 Å². The van der Waals surface area contributed by atoms with Crippen molar-refractivity contribution in [3.05, 3.63) is 107 Å². The van der Waals surface area contributed by atoms with Crippen LogP contribution in [-0.4, -0.2) is 49.2 Å². The lowest BCUT2D eigenvalue weighted by Crippen LogP contribution is -2.30. The van der Waals surface area contributed by atoms with Crippen LogP contribution in [0.1, 0.15) is 43.5 Å². The van der Waals surface area contributed by atoms with E-state index < -0.39 is 12.0 Å². The molecule has 44 heavy (non-hydrogen) atoms. The molecule has 10 nitrogen and oxygen atoms in total. The van der Waals surface area contributed by atoms with E-state index in [0.717, 1.165) is 26.0 Å². The van der Waals surface area contributed by atoms with Crippen molar-refractivity contribution in [1.29, 1.82) is 0 Å². The number of hydrogen-bond acceptors (Lipinski definition) is 11. The van der Waals surface area contributed by atoms with Gasteiger partial charge in [0.15, 0.2) is 4.34 Å². The number of rotatable bonds is 9. The Morgan fingerprint density at radius 2 is 1.73 bits per heavy atom. The fourth-order valence-corrected chi connectivity index (χ4v) is 6.65. The van der Waals surface area contributed by atoms with Crippen LogP contribution < -0.4 is 10.1 Å². The topological polar surface area (TPSA) is 117 Å². The number of hydrogen-bond donors (Lipinski definition) is 1. The smallest absolute Gasteiger partial charge is 0.338 e. The summed E-state index contributed by atoms with van der Waals surface area (Å²) in [4.78, 5) is 13.2. The van der Waals surface area contributed by atoms with Gasteiger partial charge in [-0.1, -0.05) is 116 Å². The van der Waals surface area contributed by atoms with Crippen molar-refractivity contribution in [2.45, 2.75) is 43.2 Å². The number of carbonyl (C=O) groups excluding carboxylic acids is 1. The molecule has 0 aliphatic carbocycles. The van der Waals surface area contributed by atoms with E-state index in [2.05, 4.69) is 76.1 Å². The van der Waals surface area contributed by atoms with Crippen LogP contribution in [-0.2, 0) is 21.6 Å². The Morgan fingerprint density at radius 1 is 0.977 bits per heavy atom. The number of benzene rings is 3. The first kappa shape index (κ1) is 29.5. The molecule has 0 fully saturated rings. The van der Waals surface area contributed by atoms with E-state index in [-0.39, 0.29) is 5.41 Å². The van der Waals surface area contributed by atoms with Gasteiger partial charge in [0.2, 0.25) is 5.95 Å². The van der Waals surface area contributed by atoms with Crippen molar-refractivity contribution in [2.24, 2.45) is 0 Å². The van der Waals surface area contributed by atoms with Crippen LogP contribution >= 0.6 is 23.1 Å². The first-order chi connectivity index (χ1) is 21.3. The third-order valence-electron chi connectivity index (χ3n) is 7.19. The Labute approximate surface area is 263 Å². The Balaban J connectivity index is 1.22. The van der Waals surface area contributed by atoms with Gasteiger partial charge in [-0.05, 0) is 44.7 Å². The number of carbonyl (C=O) groups is 1. The Bertz CT molecular complexity index is 1780.